The second-order valence-corrected chi connectivity index (χ2v) is 26.7. The Morgan fingerprint density at radius 3 is 1.35 bits per heavy atom. The van der Waals surface area contributed by atoms with E-state index in [1.807, 2.05) is 5.57 Å². The molecule has 9 aliphatic rings. The first kappa shape index (κ1) is 33.6. The topological polar surface area (TPSA) is 0 Å². The van der Waals surface area contributed by atoms with Gasteiger partial charge in [-0.1, -0.05) is 130 Å². The number of rotatable bonds is 8. The van der Waals surface area contributed by atoms with Crippen LogP contribution >= 0.6 is 15.8 Å². The summed E-state index contributed by atoms with van der Waals surface area (Å²) in [6.45, 7) is 15.3. The van der Waals surface area contributed by atoms with Crippen LogP contribution in [0, 0.1) is 53.3 Å². The average molecular weight is 691 g/mol. The minimum atomic E-state index is -0.227. The van der Waals surface area contributed by atoms with E-state index < -0.39 is 0 Å². The van der Waals surface area contributed by atoms with Crippen LogP contribution < -0.4 is 0 Å². The first-order chi connectivity index (χ1) is 23.5. The van der Waals surface area contributed by atoms with E-state index in [0.717, 1.165) is 58.7 Å². The number of allylic oxidation sites excluding steroid dienone is 4. The molecule has 8 bridgehead atoms. The molecular formula is C47H64P2. The van der Waals surface area contributed by atoms with Gasteiger partial charge in [0.25, 0.3) is 0 Å². The molecule has 0 saturated heterocycles. The van der Waals surface area contributed by atoms with Crippen molar-refractivity contribution >= 4 is 27.0 Å². The van der Waals surface area contributed by atoms with Crippen LogP contribution in [-0.4, -0.2) is 34.0 Å². The van der Waals surface area contributed by atoms with Gasteiger partial charge < -0.3 is 0 Å². The Bertz CT molecular complexity index is 1460. The lowest BCUT2D eigenvalue weighted by molar-refractivity contribution is 0.0131. The Balaban J connectivity index is 1.16. The third-order valence-corrected chi connectivity index (χ3v) is 23.0. The van der Waals surface area contributed by atoms with Crippen molar-refractivity contribution in [1.82, 2.24) is 0 Å². The summed E-state index contributed by atoms with van der Waals surface area (Å²) < 4.78 is 0. The van der Waals surface area contributed by atoms with Gasteiger partial charge in [0.1, 0.15) is 0 Å². The van der Waals surface area contributed by atoms with Crippen molar-refractivity contribution in [1.29, 1.82) is 0 Å². The summed E-state index contributed by atoms with van der Waals surface area (Å²) in [7, 11) is -0.270. The van der Waals surface area contributed by atoms with Crippen molar-refractivity contribution < 1.29 is 0 Å². The van der Waals surface area contributed by atoms with E-state index in [2.05, 4.69) is 108 Å². The standard InChI is InChI=1S/C47H64P2/c1-46(2,3)49(47(4,5)6)29-42-40(27-41(34-13-9-7-10-14-34)43(42)35-15-11-8-12-16-35)28-48(44-36-19-30-17-31(21-36)22-37(44)20-30)45-38-23-32-18-33(25-38)26-39(45)24-32/h7-16,27,30-33,36-39,42,44-45H,17-26,28-29H2,1-6H3. The molecule has 9 aliphatic carbocycles. The average Bonchev–Trinajstić information content (AvgIpc) is 3.40. The third-order valence-electron chi connectivity index (χ3n) is 15.1. The molecule has 8 fully saturated rings. The molecule has 2 aromatic rings. The van der Waals surface area contributed by atoms with Gasteiger partial charge >= 0.3 is 0 Å². The molecule has 49 heavy (non-hydrogen) atoms. The predicted molar refractivity (Wildman–Crippen MR) is 216 cm³/mol. The van der Waals surface area contributed by atoms with Crippen LogP contribution in [0.25, 0.3) is 11.1 Å². The van der Waals surface area contributed by atoms with Gasteiger partial charge in [-0.3, -0.25) is 0 Å². The highest BCUT2D eigenvalue weighted by Crippen LogP contribution is 2.72. The molecule has 262 valence electrons. The van der Waals surface area contributed by atoms with Crippen molar-refractivity contribution in [2.24, 2.45) is 53.3 Å². The monoisotopic (exact) mass is 690 g/mol. The zero-order chi connectivity index (χ0) is 33.7. The first-order valence-corrected chi connectivity index (χ1v) is 23.8. The molecule has 0 radical (unpaired) electrons. The Kier molecular flexibility index (Phi) is 8.73. The van der Waals surface area contributed by atoms with Gasteiger partial charge in [-0.05, 0) is 168 Å². The summed E-state index contributed by atoms with van der Waals surface area (Å²) in [6, 6.07) is 23.3. The van der Waals surface area contributed by atoms with Crippen LogP contribution in [0.15, 0.2) is 72.3 Å². The van der Waals surface area contributed by atoms with Crippen LogP contribution in [0.4, 0.5) is 0 Å². The molecule has 0 nitrogen and oxygen atoms in total. The van der Waals surface area contributed by atoms with Gasteiger partial charge in [-0.25, -0.2) is 0 Å². The normalized spacial score (nSPS) is 38.5. The Hall–Kier alpha value is -1.22. The van der Waals surface area contributed by atoms with E-state index in [4.69, 9.17) is 0 Å². The largest absolute Gasteiger partial charge is 0.0950 e. The van der Waals surface area contributed by atoms with Crippen molar-refractivity contribution in [2.75, 3.05) is 12.3 Å². The van der Waals surface area contributed by atoms with Crippen LogP contribution in [0.2, 0.25) is 0 Å². The summed E-state index contributed by atoms with van der Waals surface area (Å²) in [5.41, 5.74) is 10.1. The van der Waals surface area contributed by atoms with E-state index in [1.165, 1.54) is 23.5 Å². The first-order valence-electron chi connectivity index (χ1n) is 20.6. The van der Waals surface area contributed by atoms with Crippen molar-refractivity contribution in [2.45, 2.75) is 127 Å². The quantitative estimate of drug-likeness (QED) is 0.242. The Morgan fingerprint density at radius 1 is 0.531 bits per heavy atom. The molecule has 2 aromatic carbocycles. The number of hydrogen-bond donors (Lipinski definition) is 0. The van der Waals surface area contributed by atoms with E-state index in [9.17, 15) is 0 Å². The molecule has 0 amide bonds. The second kappa shape index (κ2) is 12.7. The maximum absolute atomic E-state index is 2.82. The van der Waals surface area contributed by atoms with Gasteiger partial charge in [0.15, 0.2) is 0 Å². The molecule has 8 saturated carbocycles. The minimum absolute atomic E-state index is 0.0430. The van der Waals surface area contributed by atoms with Crippen LogP contribution in [0.1, 0.15) is 117 Å². The van der Waals surface area contributed by atoms with Crippen LogP contribution in [0.5, 0.6) is 0 Å². The van der Waals surface area contributed by atoms with E-state index in [0.29, 0.717) is 16.2 Å². The highest BCUT2D eigenvalue weighted by Gasteiger charge is 2.57. The van der Waals surface area contributed by atoms with Crippen LogP contribution in [-0.2, 0) is 0 Å². The summed E-state index contributed by atoms with van der Waals surface area (Å²) >= 11 is 0. The Morgan fingerprint density at radius 2 is 0.939 bits per heavy atom. The van der Waals surface area contributed by atoms with Gasteiger partial charge in [0.05, 0.1) is 0 Å². The molecule has 0 aliphatic heterocycles. The fraction of sp³-hybridized carbons (Fsp3) is 0.660. The molecular weight excluding hydrogens is 626 g/mol. The second-order valence-electron chi connectivity index (χ2n) is 20.3. The molecule has 0 spiro atoms. The minimum Gasteiger partial charge on any atom is -0.0950 e. The van der Waals surface area contributed by atoms with Gasteiger partial charge in [0.2, 0.25) is 0 Å². The zero-order valence-electron chi connectivity index (χ0n) is 31.6. The van der Waals surface area contributed by atoms with Gasteiger partial charge in [0, 0.05) is 5.92 Å². The molecule has 2 heteroatoms. The van der Waals surface area contributed by atoms with Crippen molar-refractivity contribution in [3.63, 3.8) is 0 Å². The maximum Gasteiger partial charge on any atom is 0.0107 e. The smallest absolute Gasteiger partial charge is 0.0107 e. The summed E-state index contributed by atoms with van der Waals surface area (Å²) in [6.07, 6.45) is 21.5. The fourth-order valence-electron chi connectivity index (χ4n) is 14.2. The van der Waals surface area contributed by atoms with E-state index in [-0.39, 0.29) is 15.8 Å². The molecule has 1 atom stereocenters. The third kappa shape index (κ3) is 6.22. The lowest BCUT2D eigenvalue weighted by atomic mass is 9.55. The number of hydrogen-bond acceptors (Lipinski definition) is 0. The maximum atomic E-state index is 2.82. The van der Waals surface area contributed by atoms with Crippen LogP contribution in [0.3, 0.4) is 0 Å². The molecule has 11 rings (SSSR count). The van der Waals surface area contributed by atoms with Gasteiger partial charge in [-0.2, -0.15) is 0 Å². The summed E-state index contributed by atoms with van der Waals surface area (Å²) in [5.74, 6) is 9.05. The zero-order valence-corrected chi connectivity index (χ0v) is 33.4. The molecule has 1 unspecified atom stereocenters. The highest BCUT2D eigenvalue weighted by atomic mass is 31.1. The predicted octanol–water partition coefficient (Wildman–Crippen LogP) is 13.4. The molecule has 0 heterocycles. The van der Waals surface area contributed by atoms with Gasteiger partial charge in [-0.15, -0.1) is 0 Å². The summed E-state index contributed by atoms with van der Waals surface area (Å²) in [5, 5.41) is 0.646. The molecule has 0 aromatic heterocycles. The van der Waals surface area contributed by atoms with E-state index >= 15 is 0 Å². The molecule has 0 N–H and O–H groups in total. The summed E-state index contributed by atoms with van der Waals surface area (Å²) in [4.78, 5) is 0. The number of benzene rings is 2. The highest BCUT2D eigenvalue weighted by molar-refractivity contribution is 7.61. The lowest BCUT2D eigenvalue weighted by Crippen LogP contribution is -2.53. The SMILES string of the molecule is CC(C)(C)P(CC1C(CP(C2C3CC4CC(C3)CC2C4)C2C3CC4CC(C3)CC2C4)=CC(c2ccccc2)=C1c1ccccc1)C(C)(C)C. The Labute approximate surface area is 302 Å². The fourth-order valence-corrected chi connectivity index (χ4v) is 22.7. The van der Waals surface area contributed by atoms with Crippen molar-refractivity contribution in [3.8, 4) is 0 Å². The lowest BCUT2D eigenvalue weighted by Gasteiger charge is -2.62. The van der Waals surface area contributed by atoms with E-state index in [1.54, 1.807) is 75.4 Å². The van der Waals surface area contributed by atoms with Crippen molar-refractivity contribution in [3.05, 3.63) is 83.4 Å².